The van der Waals surface area contributed by atoms with Gasteiger partial charge in [-0.3, -0.25) is 14.4 Å². The van der Waals surface area contributed by atoms with Crippen molar-refractivity contribution < 1.29 is 19.1 Å². The maximum atomic E-state index is 13.2. The van der Waals surface area contributed by atoms with Gasteiger partial charge in [-0.2, -0.15) is 0 Å². The topological polar surface area (TPSA) is 101 Å². The monoisotopic (exact) mass is 728 g/mol. The molecule has 0 radical (unpaired) electrons. The lowest BCUT2D eigenvalue weighted by Crippen LogP contribution is -2.41. The molecule has 1 fully saturated rings. The molecule has 2 unspecified atom stereocenters. The first kappa shape index (κ1) is 40.6. The third-order valence-corrected chi connectivity index (χ3v) is 10.8. The summed E-state index contributed by atoms with van der Waals surface area (Å²) in [6.45, 7) is 12.8. The molecule has 1 aromatic heterocycles. The van der Waals surface area contributed by atoms with Gasteiger partial charge in [-0.25, -0.2) is 4.98 Å². The fourth-order valence-electron chi connectivity index (χ4n) is 7.28. The molecular weight excluding hydrogens is 672 g/mol. The van der Waals surface area contributed by atoms with Gasteiger partial charge in [-0.15, -0.1) is 0 Å². The minimum absolute atomic E-state index is 0.126. The number of hydrogen-bond acceptors (Lipinski definition) is 5. The zero-order chi connectivity index (χ0) is 38.2. The van der Waals surface area contributed by atoms with E-state index >= 15 is 0 Å². The average molecular weight is 729 g/mol. The number of halogens is 1. The van der Waals surface area contributed by atoms with E-state index in [0.717, 1.165) is 72.4 Å². The molecule has 5 rings (SSSR count). The van der Waals surface area contributed by atoms with Crippen LogP contribution in [0.5, 0.6) is 5.88 Å². The van der Waals surface area contributed by atoms with Crippen LogP contribution >= 0.6 is 11.6 Å². The molecule has 2 atom stereocenters. The molecule has 0 saturated carbocycles. The van der Waals surface area contributed by atoms with E-state index in [-0.39, 0.29) is 22.9 Å². The molecule has 2 N–H and O–H groups in total. The zero-order valence-corrected chi connectivity index (χ0v) is 33.3. The van der Waals surface area contributed by atoms with Crippen LogP contribution in [0.15, 0.2) is 54.1 Å². The summed E-state index contributed by atoms with van der Waals surface area (Å²) >= 11 is 7.08. The number of ether oxygens (including phenoxy) is 1. The molecule has 280 valence electrons. The summed E-state index contributed by atoms with van der Waals surface area (Å²) in [4.78, 5) is 43.2. The van der Waals surface area contributed by atoms with Crippen molar-refractivity contribution in [1.29, 1.82) is 0 Å². The Morgan fingerprint density at radius 2 is 1.79 bits per heavy atom. The second-order valence-corrected chi connectivity index (χ2v) is 15.1. The van der Waals surface area contributed by atoms with E-state index in [9.17, 15) is 14.4 Å². The molecule has 2 aliphatic rings. The highest BCUT2D eigenvalue weighted by molar-refractivity contribution is 6.36. The molecule has 1 aliphatic carbocycles. The van der Waals surface area contributed by atoms with E-state index < -0.39 is 5.91 Å². The molecule has 8 nitrogen and oxygen atoms in total. The van der Waals surface area contributed by atoms with Crippen LogP contribution in [0.1, 0.15) is 109 Å². The summed E-state index contributed by atoms with van der Waals surface area (Å²) in [5, 5.41) is 6.70. The zero-order valence-electron chi connectivity index (χ0n) is 32.5. The Hall–Kier alpha value is -4.17. The van der Waals surface area contributed by atoms with Crippen LogP contribution in [0.2, 0.25) is 5.02 Å². The standard InChI is InChI=1S/C32H36ClN3O3.C11H21NO/c1-7-11-25(32(38)36(4)5)30(37)34-26-15-10-12-22(21(26)8-2)23-13-9-14-24(29(23)33)27-18-20-17-16-19(3)28(20)31(35-27)39-6;1-4-11(7-5-9(2)3)8-6-10(13)12-11/h9-15,18-19H,7-8,16-17H2,1-6H3,(H,34,37);9H,4-8H2,1-3H3,(H,12,13)/b25-11-;. The number of aromatic nitrogens is 1. The summed E-state index contributed by atoms with van der Waals surface area (Å²) in [6, 6.07) is 13.8. The van der Waals surface area contributed by atoms with Crippen LogP contribution in [-0.4, -0.2) is 54.3 Å². The Kier molecular flexibility index (Phi) is 14.1. The second kappa shape index (κ2) is 18.0. The third kappa shape index (κ3) is 9.24. The largest absolute Gasteiger partial charge is 0.481 e. The Bertz CT molecular complexity index is 1800. The Morgan fingerprint density at radius 3 is 2.38 bits per heavy atom. The van der Waals surface area contributed by atoms with Crippen molar-refractivity contribution in [3.05, 3.63) is 75.8 Å². The van der Waals surface area contributed by atoms with Gasteiger partial charge in [0.25, 0.3) is 11.8 Å². The van der Waals surface area contributed by atoms with Crippen LogP contribution in [0, 0.1) is 5.92 Å². The highest BCUT2D eigenvalue weighted by Crippen LogP contribution is 2.43. The van der Waals surface area contributed by atoms with Crippen LogP contribution in [-0.2, 0) is 27.2 Å². The molecule has 9 heteroatoms. The Labute approximate surface area is 315 Å². The molecule has 0 bridgehead atoms. The summed E-state index contributed by atoms with van der Waals surface area (Å²) in [6.07, 6.45) is 10.2. The lowest BCUT2D eigenvalue weighted by Gasteiger charge is -2.28. The molecule has 2 aromatic carbocycles. The predicted molar refractivity (Wildman–Crippen MR) is 213 cm³/mol. The molecular formula is C43H57ClN4O4. The van der Waals surface area contributed by atoms with Gasteiger partial charge in [0, 0.05) is 48.4 Å². The van der Waals surface area contributed by atoms with Crippen molar-refractivity contribution in [3.8, 4) is 28.3 Å². The maximum absolute atomic E-state index is 13.2. The van der Waals surface area contributed by atoms with E-state index in [4.69, 9.17) is 21.3 Å². The Balaban J connectivity index is 0.000000392. The lowest BCUT2D eigenvalue weighted by atomic mass is 9.86. The molecule has 3 aromatic rings. The number of carbonyl (C=O) groups is 3. The van der Waals surface area contributed by atoms with Crippen molar-refractivity contribution in [3.63, 3.8) is 0 Å². The first-order valence-corrected chi connectivity index (χ1v) is 19.2. The van der Waals surface area contributed by atoms with Gasteiger partial charge >= 0.3 is 0 Å². The number of nitrogens with one attached hydrogen (secondary N) is 2. The molecule has 3 amide bonds. The summed E-state index contributed by atoms with van der Waals surface area (Å²) in [5.74, 6) is 1.31. The fraction of sp³-hybridized carbons (Fsp3) is 0.488. The van der Waals surface area contributed by atoms with Gasteiger partial charge in [0.1, 0.15) is 5.57 Å². The van der Waals surface area contributed by atoms with Crippen molar-refractivity contribution in [2.24, 2.45) is 5.92 Å². The number of aryl methyl sites for hydroxylation is 1. The minimum Gasteiger partial charge on any atom is -0.481 e. The van der Waals surface area contributed by atoms with Gasteiger partial charge in [0.2, 0.25) is 11.8 Å². The molecule has 2 heterocycles. The van der Waals surface area contributed by atoms with Crippen molar-refractivity contribution in [1.82, 2.24) is 15.2 Å². The summed E-state index contributed by atoms with van der Waals surface area (Å²) in [7, 11) is 4.94. The van der Waals surface area contributed by atoms with Gasteiger partial charge in [0.05, 0.1) is 17.8 Å². The number of allylic oxidation sites excluding steroid dienone is 1. The van der Waals surface area contributed by atoms with E-state index in [1.54, 1.807) is 27.3 Å². The lowest BCUT2D eigenvalue weighted by molar-refractivity contribution is -0.127. The number of likely N-dealkylation sites (N-methyl/N-ethyl adjacent to an activating group) is 1. The summed E-state index contributed by atoms with van der Waals surface area (Å²) in [5.41, 5.74) is 7.69. The number of pyridine rings is 1. The van der Waals surface area contributed by atoms with Crippen molar-refractivity contribution in [2.45, 2.75) is 111 Å². The molecule has 1 saturated heterocycles. The number of carbonyl (C=O) groups excluding carboxylic acids is 3. The van der Waals surface area contributed by atoms with Gasteiger partial charge in [0.15, 0.2) is 0 Å². The van der Waals surface area contributed by atoms with Crippen LogP contribution in [0.4, 0.5) is 5.69 Å². The maximum Gasteiger partial charge on any atom is 0.260 e. The van der Waals surface area contributed by atoms with Crippen LogP contribution in [0.3, 0.4) is 0 Å². The number of fused-ring (bicyclic) bond motifs is 1. The number of benzene rings is 2. The van der Waals surface area contributed by atoms with Crippen LogP contribution in [0.25, 0.3) is 22.4 Å². The highest BCUT2D eigenvalue weighted by Gasteiger charge is 2.35. The number of amides is 3. The quantitative estimate of drug-likeness (QED) is 0.110. The van der Waals surface area contributed by atoms with E-state index in [1.165, 1.54) is 22.4 Å². The molecule has 0 spiro atoms. The average Bonchev–Trinajstić information content (AvgIpc) is 3.71. The van der Waals surface area contributed by atoms with E-state index in [1.807, 2.05) is 50.2 Å². The first-order chi connectivity index (χ1) is 24.8. The van der Waals surface area contributed by atoms with Gasteiger partial charge in [-0.1, -0.05) is 89.6 Å². The third-order valence-electron chi connectivity index (χ3n) is 10.4. The number of methoxy groups -OCH3 is 1. The van der Waals surface area contributed by atoms with Crippen molar-refractivity contribution >= 4 is 35.0 Å². The van der Waals surface area contributed by atoms with Crippen molar-refractivity contribution in [2.75, 3.05) is 26.5 Å². The number of hydrogen-bond donors (Lipinski definition) is 2. The molecule has 52 heavy (non-hydrogen) atoms. The first-order valence-electron chi connectivity index (χ1n) is 18.8. The number of nitrogens with zero attached hydrogens (tertiary/aromatic N) is 2. The Morgan fingerprint density at radius 1 is 1.10 bits per heavy atom. The highest BCUT2D eigenvalue weighted by atomic mass is 35.5. The van der Waals surface area contributed by atoms with E-state index in [2.05, 4.69) is 44.4 Å². The second-order valence-electron chi connectivity index (χ2n) is 14.7. The minimum atomic E-state index is -0.425. The number of rotatable bonds is 12. The smallest absolute Gasteiger partial charge is 0.260 e. The van der Waals surface area contributed by atoms with Crippen LogP contribution < -0.4 is 15.4 Å². The van der Waals surface area contributed by atoms with E-state index in [0.29, 0.717) is 35.3 Å². The molecule has 1 aliphatic heterocycles. The normalized spacial score (nSPS) is 18.0. The fourth-order valence-corrected chi connectivity index (χ4v) is 7.61. The summed E-state index contributed by atoms with van der Waals surface area (Å²) < 4.78 is 5.68. The number of anilines is 1. The van der Waals surface area contributed by atoms with Gasteiger partial charge < -0.3 is 20.3 Å². The SMILES string of the molecule is CC/C=C(/C(=O)Nc1cccc(-c2cccc(-c3cc4c(c(OC)n3)C(C)CC4)c2Cl)c1CC)C(=O)N(C)C.CCC1(CCC(C)C)CCC(=O)N1. The van der Waals surface area contributed by atoms with Gasteiger partial charge in [-0.05, 0) is 92.0 Å². The predicted octanol–water partition coefficient (Wildman–Crippen LogP) is 9.53.